The number of guanidine groups is 1. The first-order valence-corrected chi connectivity index (χ1v) is 8.50. The Morgan fingerprint density at radius 3 is 2.85 bits per heavy atom. The molecule has 0 aromatic rings. The lowest BCUT2D eigenvalue weighted by Gasteiger charge is -2.13. The van der Waals surface area contributed by atoms with Gasteiger partial charge in [0.1, 0.15) is 0 Å². The number of esters is 1. The van der Waals surface area contributed by atoms with E-state index in [1.165, 1.54) is 18.6 Å². The fourth-order valence-electron chi connectivity index (χ4n) is 1.93. The van der Waals surface area contributed by atoms with Crippen LogP contribution in [0.5, 0.6) is 0 Å². The normalized spacial score (nSPS) is 19.2. The molecule has 0 amide bonds. The molecule has 6 heteroatoms. The molecule has 0 radical (unpaired) electrons. The van der Waals surface area contributed by atoms with Crippen LogP contribution in [0.25, 0.3) is 0 Å². The van der Waals surface area contributed by atoms with Gasteiger partial charge in [-0.25, -0.2) is 0 Å². The van der Waals surface area contributed by atoms with Crippen LogP contribution in [0.4, 0.5) is 0 Å². The first kappa shape index (κ1) is 17.1. The highest BCUT2D eigenvalue weighted by atomic mass is 32.2. The molecule has 1 rings (SSSR count). The van der Waals surface area contributed by atoms with Crippen molar-refractivity contribution in [1.29, 1.82) is 0 Å². The van der Waals surface area contributed by atoms with Crippen molar-refractivity contribution in [3.8, 4) is 0 Å². The second kappa shape index (κ2) is 9.91. The van der Waals surface area contributed by atoms with Gasteiger partial charge in [0.15, 0.2) is 5.96 Å². The van der Waals surface area contributed by atoms with E-state index in [9.17, 15) is 4.79 Å². The maximum atomic E-state index is 11.4. The van der Waals surface area contributed by atoms with Gasteiger partial charge < -0.3 is 15.4 Å². The third-order valence-electron chi connectivity index (χ3n) is 2.81. The predicted molar refractivity (Wildman–Crippen MR) is 85.3 cm³/mol. The molecule has 1 aliphatic heterocycles. The molecule has 1 unspecified atom stereocenters. The Hall–Kier alpha value is -0.910. The Morgan fingerprint density at radius 2 is 2.25 bits per heavy atom. The van der Waals surface area contributed by atoms with Gasteiger partial charge in [-0.2, -0.15) is 11.8 Å². The van der Waals surface area contributed by atoms with Gasteiger partial charge in [-0.3, -0.25) is 9.79 Å². The summed E-state index contributed by atoms with van der Waals surface area (Å²) in [6, 6.07) is 0. The van der Waals surface area contributed by atoms with Crippen LogP contribution >= 0.6 is 11.8 Å². The number of carbonyl (C=O) groups is 1. The second-order valence-corrected chi connectivity index (χ2v) is 6.48. The van der Waals surface area contributed by atoms with Crippen molar-refractivity contribution < 1.29 is 9.53 Å². The van der Waals surface area contributed by atoms with Gasteiger partial charge >= 0.3 is 5.97 Å². The molecule has 0 bridgehead atoms. The van der Waals surface area contributed by atoms with Crippen LogP contribution in [0.1, 0.15) is 40.0 Å². The summed E-state index contributed by atoms with van der Waals surface area (Å²) in [5.74, 6) is 1.87. The minimum absolute atomic E-state index is 0.0520. The Morgan fingerprint density at radius 1 is 1.45 bits per heavy atom. The van der Waals surface area contributed by atoms with Gasteiger partial charge in [-0.1, -0.05) is 0 Å². The van der Waals surface area contributed by atoms with Crippen molar-refractivity contribution in [2.24, 2.45) is 4.99 Å². The summed E-state index contributed by atoms with van der Waals surface area (Å²) >= 11 is 2.00. The van der Waals surface area contributed by atoms with E-state index < -0.39 is 0 Å². The zero-order valence-corrected chi connectivity index (χ0v) is 13.6. The summed E-state index contributed by atoms with van der Waals surface area (Å²) < 4.78 is 5.09. The Balaban J connectivity index is 2.26. The summed E-state index contributed by atoms with van der Waals surface area (Å²) in [5, 5.41) is 7.03. The fourth-order valence-corrected chi connectivity index (χ4v) is 3.11. The van der Waals surface area contributed by atoms with Gasteiger partial charge in [-0.05, 0) is 39.4 Å². The van der Waals surface area contributed by atoms with E-state index in [1.807, 2.05) is 32.5 Å². The summed E-state index contributed by atoms with van der Waals surface area (Å²) in [6.45, 7) is 7.96. The molecular weight excluding hydrogens is 274 g/mol. The van der Waals surface area contributed by atoms with Crippen molar-refractivity contribution in [2.45, 2.75) is 51.4 Å². The lowest BCUT2D eigenvalue weighted by atomic mass is 10.2. The van der Waals surface area contributed by atoms with E-state index in [0.29, 0.717) is 18.2 Å². The molecule has 5 nitrogen and oxygen atoms in total. The highest BCUT2D eigenvalue weighted by Gasteiger charge is 2.15. The van der Waals surface area contributed by atoms with E-state index in [4.69, 9.17) is 4.74 Å². The largest absolute Gasteiger partial charge is 0.463 e. The van der Waals surface area contributed by atoms with E-state index in [2.05, 4.69) is 15.6 Å². The third-order valence-corrected chi connectivity index (χ3v) is 4.19. The molecule has 0 aromatic heterocycles. The first-order valence-electron chi connectivity index (χ1n) is 7.45. The number of nitrogens with one attached hydrogen (secondary N) is 2. The minimum Gasteiger partial charge on any atom is -0.463 e. The quantitative estimate of drug-likeness (QED) is 0.426. The fraction of sp³-hybridized carbons (Fsp3) is 0.857. The standard InChI is InChI=1S/C14H27N3O2S/c1-4-15-14(17-10-12-6-5-9-20-12)16-8-7-13(18)19-11(2)3/h11-12H,4-10H2,1-3H3,(H2,15,16,17). The average molecular weight is 301 g/mol. The molecule has 0 aliphatic carbocycles. The van der Waals surface area contributed by atoms with Crippen LogP contribution in [0.15, 0.2) is 4.99 Å². The van der Waals surface area contributed by atoms with Crippen LogP contribution in [-0.2, 0) is 9.53 Å². The Kier molecular flexibility index (Phi) is 8.49. The van der Waals surface area contributed by atoms with Gasteiger partial charge in [-0.15, -0.1) is 0 Å². The molecule has 2 N–H and O–H groups in total. The topological polar surface area (TPSA) is 62.7 Å². The van der Waals surface area contributed by atoms with E-state index in [-0.39, 0.29) is 12.1 Å². The molecule has 1 aliphatic rings. The molecule has 1 heterocycles. The molecular formula is C14H27N3O2S. The van der Waals surface area contributed by atoms with Crippen LogP contribution < -0.4 is 10.6 Å². The number of rotatable bonds is 7. The summed E-state index contributed by atoms with van der Waals surface area (Å²) in [4.78, 5) is 16.0. The van der Waals surface area contributed by atoms with Crippen molar-refractivity contribution in [3.63, 3.8) is 0 Å². The molecule has 1 saturated heterocycles. The van der Waals surface area contributed by atoms with Crippen molar-refractivity contribution in [3.05, 3.63) is 0 Å². The maximum absolute atomic E-state index is 11.4. The molecule has 0 saturated carbocycles. The zero-order valence-electron chi connectivity index (χ0n) is 12.8. The smallest absolute Gasteiger partial charge is 0.307 e. The minimum atomic E-state index is -0.172. The van der Waals surface area contributed by atoms with Crippen molar-refractivity contribution in [2.75, 3.05) is 25.4 Å². The van der Waals surface area contributed by atoms with Crippen LogP contribution in [-0.4, -0.2) is 48.7 Å². The monoisotopic (exact) mass is 301 g/mol. The number of aliphatic imine (C=N–C) groups is 1. The zero-order chi connectivity index (χ0) is 14.8. The third kappa shape index (κ3) is 7.62. The Bertz CT molecular complexity index is 316. The predicted octanol–water partition coefficient (Wildman–Crippen LogP) is 1.78. The number of thioether (sulfide) groups is 1. The molecule has 0 spiro atoms. The number of hydrogen-bond acceptors (Lipinski definition) is 4. The van der Waals surface area contributed by atoms with Crippen LogP contribution in [0.3, 0.4) is 0 Å². The van der Waals surface area contributed by atoms with E-state index in [0.717, 1.165) is 19.0 Å². The van der Waals surface area contributed by atoms with E-state index >= 15 is 0 Å². The number of carbonyl (C=O) groups excluding carboxylic acids is 1. The van der Waals surface area contributed by atoms with Gasteiger partial charge in [0.25, 0.3) is 0 Å². The first-order chi connectivity index (χ1) is 9.61. The van der Waals surface area contributed by atoms with Crippen LogP contribution in [0.2, 0.25) is 0 Å². The SMILES string of the molecule is CCNC(=NCC1CCCS1)NCCC(=O)OC(C)C. The molecule has 20 heavy (non-hydrogen) atoms. The highest BCUT2D eigenvalue weighted by Crippen LogP contribution is 2.25. The second-order valence-electron chi connectivity index (χ2n) is 5.07. The van der Waals surface area contributed by atoms with Gasteiger partial charge in [0.05, 0.1) is 19.1 Å². The molecule has 116 valence electrons. The molecule has 1 fully saturated rings. The summed E-state index contributed by atoms with van der Waals surface area (Å²) in [6.07, 6.45) is 2.87. The maximum Gasteiger partial charge on any atom is 0.307 e. The van der Waals surface area contributed by atoms with Crippen LogP contribution in [0, 0.1) is 0 Å². The Labute approximate surface area is 126 Å². The molecule has 0 aromatic carbocycles. The lowest BCUT2D eigenvalue weighted by molar-refractivity contribution is -0.147. The number of ether oxygens (including phenoxy) is 1. The van der Waals surface area contributed by atoms with Gasteiger partial charge in [0, 0.05) is 18.3 Å². The van der Waals surface area contributed by atoms with Gasteiger partial charge in [0.2, 0.25) is 0 Å². The van der Waals surface area contributed by atoms with Crippen molar-refractivity contribution in [1.82, 2.24) is 10.6 Å². The summed E-state index contributed by atoms with van der Waals surface area (Å²) in [5.41, 5.74) is 0. The van der Waals surface area contributed by atoms with E-state index in [1.54, 1.807) is 0 Å². The number of nitrogens with zero attached hydrogens (tertiary/aromatic N) is 1. The lowest BCUT2D eigenvalue weighted by Crippen LogP contribution is -2.39. The average Bonchev–Trinajstić information content (AvgIpc) is 2.88. The van der Waals surface area contributed by atoms with Crippen molar-refractivity contribution >= 4 is 23.7 Å². The number of hydrogen-bond donors (Lipinski definition) is 2. The molecule has 1 atom stereocenters. The summed E-state index contributed by atoms with van der Waals surface area (Å²) in [7, 11) is 0. The highest BCUT2D eigenvalue weighted by molar-refractivity contribution is 8.00.